The van der Waals surface area contributed by atoms with Crippen LogP contribution in [0.1, 0.15) is 10.7 Å². The van der Waals surface area contributed by atoms with Gasteiger partial charge in [0.05, 0.1) is 0 Å². The van der Waals surface area contributed by atoms with Gasteiger partial charge >= 0.3 is 11.8 Å². The maximum atomic E-state index is 11.9. The first-order valence-electron chi connectivity index (χ1n) is 7.21. The lowest BCUT2D eigenvalue weighted by Gasteiger charge is -2.03. The fourth-order valence-electron chi connectivity index (χ4n) is 2.00. The standard InChI is InChI=1S/C16H16N6O2/c1-21(2)11-17-19-15(23)16-18-14(20-24-16)12-6-5-7-13(10-12)22-8-3-4-9-22/h3-11H,1-2H3,(H,19,23)/b17-11+. The van der Waals surface area contributed by atoms with Gasteiger partial charge in [0.25, 0.3) is 0 Å². The second-order valence-electron chi connectivity index (χ2n) is 5.21. The van der Waals surface area contributed by atoms with Crippen LogP contribution in [-0.4, -0.2) is 45.9 Å². The van der Waals surface area contributed by atoms with Crippen molar-refractivity contribution in [2.24, 2.45) is 5.10 Å². The number of amides is 1. The van der Waals surface area contributed by atoms with Crippen LogP contribution in [0.5, 0.6) is 0 Å². The molecule has 0 spiro atoms. The molecule has 2 heterocycles. The molecule has 1 aromatic carbocycles. The van der Waals surface area contributed by atoms with Gasteiger partial charge in [0.15, 0.2) is 0 Å². The Morgan fingerprint density at radius 3 is 2.83 bits per heavy atom. The summed E-state index contributed by atoms with van der Waals surface area (Å²) in [5, 5.41) is 7.60. The summed E-state index contributed by atoms with van der Waals surface area (Å²) in [6.07, 6.45) is 5.34. The van der Waals surface area contributed by atoms with Crippen molar-refractivity contribution in [1.29, 1.82) is 0 Å². The molecule has 0 bridgehead atoms. The number of hydrogen-bond acceptors (Lipinski definition) is 5. The number of hydrogen-bond donors (Lipinski definition) is 1. The Kier molecular flexibility index (Phi) is 4.37. The van der Waals surface area contributed by atoms with Gasteiger partial charge in [-0.15, -0.1) is 0 Å². The number of nitrogens with one attached hydrogen (secondary N) is 1. The Bertz CT molecular complexity index is 851. The molecule has 8 nitrogen and oxygen atoms in total. The topological polar surface area (TPSA) is 88.5 Å². The summed E-state index contributed by atoms with van der Waals surface area (Å²) in [7, 11) is 3.58. The minimum absolute atomic E-state index is 0.146. The zero-order valence-corrected chi connectivity index (χ0v) is 13.2. The first kappa shape index (κ1) is 15.5. The Balaban J connectivity index is 1.78. The van der Waals surface area contributed by atoms with E-state index in [9.17, 15) is 4.79 Å². The van der Waals surface area contributed by atoms with Crippen LogP contribution >= 0.6 is 0 Å². The quantitative estimate of drug-likeness (QED) is 0.439. The number of carbonyl (C=O) groups excluding carboxylic acids is 1. The molecule has 2 aromatic heterocycles. The van der Waals surface area contributed by atoms with Gasteiger partial charge < -0.3 is 14.0 Å². The van der Waals surface area contributed by atoms with E-state index < -0.39 is 5.91 Å². The largest absolute Gasteiger partial charge is 0.367 e. The number of rotatable bonds is 5. The second-order valence-corrected chi connectivity index (χ2v) is 5.21. The van der Waals surface area contributed by atoms with E-state index in [1.807, 2.05) is 53.4 Å². The molecule has 0 unspecified atom stereocenters. The fraction of sp³-hybridized carbons (Fsp3) is 0.125. The Labute approximate surface area is 138 Å². The molecule has 0 radical (unpaired) electrons. The van der Waals surface area contributed by atoms with E-state index >= 15 is 0 Å². The molecule has 3 aromatic rings. The minimum atomic E-state index is -0.562. The van der Waals surface area contributed by atoms with E-state index in [0.29, 0.717) is 5.82 Å². The van der Waals surface area contributed by atoms with Crippen molar-refractivity contribution in [2.75, 3.05) is 14.1 Å². The van der Waals surface area contributed by atoms with Crippen molar-refractivity contribution in [3.8, 4) is 17.1 Å². The third-order valence-electron chi connectivity index (χ3n) is 3.08. The lowest BCUT2D eigenvalue weighted by Crippen LogP contribution is -2.20. The third kappa shape index (κ3) is 3.49. The molecule has 24 heavy (non-hydrogen) atoms. The number of hydrazone groups is 1. The van der Waals surface area contributed by atoms with Crippen LogP contribution in [0.15, 0.2) is 58.4 Å². The minimum Gasteiger partial charge on any atom is -0.367 e. The highest BCUT2D eigenvalue weighted by Crippen LogP contribution is 2.19. The van der Waals surface area contributed by atoms with E-state index in [-0.39, 0.29) is 5.89 Å². The summed E-state index contributed by atoms with van der Waals surface area (Å²) < 4.78 is 6.97. The van der Waals surface area contributed by atoms with Crippen molar-refractivity contribution in [3.63, 3.8) is 0 Å². The summed E-state index contributed by atoms with van der Waals surface area (Å²) in [4.78, 5) is 17.7. The SMILES string of the molecule is CN(C)/C=N/NC(=O)c1nc(-c2cccc(-n3cccc3)c2)no1. The number of carbonyl (C=O) groups is 1. The summed E-state index contributed by atoms with van der Waals surface area (Å²) in [6.45, 7) is 0. The van der Waals surface area contributed by atoms with Crippen LogP contribution in [0, 0.1) is 0 Å². The predicted molar refractivity (Wildman–Crippen MR) is 88.7 cm³/mol. The molecule has 1 amide bonds. The lowest BCUT2D eigenvalue weighted by atomic mass is 10.2. The highest BCUT2D eigenvalue weighted by atomic mass is 16.5. The molecular formula is C16H16N6O2. The highest BCUT2D eigenvalue weighted by molar-refractivity contribution is 5.90. The van der Waals surface area contributed by atoms with Crippen molar-refractivity contribution >= 4 is 12.2 Å². The van der Waals surface area contributed by atoms with Crippen molar-refractivity contribution in [1.82, 2.24) is 25.0 Å². The third-order valence-corrected chi connectivity index (χ3v) is 3.08. The van der Waals surface area contributed by atoms with Crippen molar-refractivity contribution in [3.05, 3.63) is 54.7 Å². The molecule has 0 aliphatic heterocycles. The molecule has 0 fully saturated rings. The van der Waals surface area contributed by atoms with Crippen LogP contribution in [0.3, 0.4) is 0 Å². The molecule has 0 atom stereocenters. The highest BCUT2D eigenvalue weighted by Gasteiger charge is 2.16. The Morgan fingerprint density at radius 2 is 2.08 bits per heavy atom. The van der Waals surface area contributed by atoms with Crippen LogP contribution in [-0.2, 0) is 0 Å². The van der Waals surface area contributed by atoms with Crippen LogP contribution in [0.2, 0.25) is 0 Å². The fourth-order valence-corrected chi connectivity index (χ4v) is 2.00. The zero-order chi connectivity index (χ0) is 16.9. The Morgan fingerprint density at radius 1 is 1.29 bits per heavy atom. The van der Waals surface area contributed by atoms with Gasteiger partial charge in [-0.1, -0.05) is 17.3 Å². The molecular weight excluding hydrogens is 308 g/mol. The van der Waals surface area contributed by atoms with Gasteiger partial charge in [0.2, 0.25) is 5.82 Å². The van der Waals surface area contributed by atoms with Crippen molar-refractivity contribution < 1.29 is 9.32 Å². The monoisotopic (exact) mass is 324 g/mol. The lowest BCUT2D eigenvalue weighted by molar-refractivity contribution is 0.0911. The summed E-state index contributed by atoms with van der Waals surface area (Å²) >= 11 is 0. The maximum absolute atomic E-state index is 11.9. The smallest absolute Gasteiger partial charge is 0.329 e. The second kappa shape index (κ2) is 6.78. The number of benzene rings is 1. The van der Waals surface area contributed by atoms with Crippen LogP contribution < -0.4 is 5.43 Å². The first-order valence-corrected chi connectivity index (χ1v) is 7.21. The molecule has 1 N–H and O–H groups in total. The average molecular weight is 324 g/mol. The van der Waals surface area contributed by atoms with Crippen molar-refractivity contribution in [2.45, 2.75) is 0 Å². The van der Waals surface area contributed by atoms with E-state index in [0.717, 1.165) is 11.3 Å². The van der Waals surface area contributed by atoms with E-state index in [1.165, 1.54) is 6.34 Å². The van der Waals surface area contributed by atoms with Gasteiger partial charge in [-0.25, -0.2) is 5.43 Å². The maximum Gasteiger partial charge on any atom is 0.329 e. The van der Waals surface area contributed by atoms with E-state index in [1.54, 1.807) is 19.0 Å². The van der Waals surface area contributed by atoms with E-state index in [4.69, 9.17) is 4.52 Å². The molecule has 0 aliphatic carbocycles. The van der Waals surface area contributed by atoms with Crippen LogP contribution in [0.25, 0.3) is 17.1 Å². The molecule has 0 saturated heterocycles. The molecule has 3 rings (SSSR count). The van der Waals surface area contributed by atoms with Gasteiger partial charge in [-0.05, 0) is 24.3 Å². The van der Waals surface area contributed by atoms with Gasteiger partial charge in [-0.2, -0.15) is 10.1 Å². The van der Waals surface area contributed by atoms with Crippen LogP contribution in [0.4, 0.5) is 0 Å². The molecule has 0 saturated carbocycles. The number of nitrogens with zero attached hydrogens (tertiary/aromatic N) is 5. The summed E-state index contributed by atoms with van der Waals surface area (Å²) in [6, 6.07) is 11.5. The molecule has 0 aliphatic rings. The van der Waals surface area contributed by atoms with Gasteiger partial charge in [0, 0.05) is 37.7 Å². The molecule has 122 valence electrons. The molecule has 8 heteroatoms. The summed E-state index contributed by atoms with van der Waals surface area (Å²) in [5.74, 6) is -0.369. The zero-order valence-electron chi connectivity index (χ0n) is 13.2. The predicted octanol–water partition coefficient (Wildman–Crippen LogP) is 1.76. The normalized spacial score (nSPS) is 10.9. The van der Waals surface area contributed by atoms with Gasteiger partial charge in [0.1, 0.15) is 6.34 Å². The first-order chi connectivity index (χ1) is 11.6. The number of aromatic nitrogens is 3. The summed E-state index contributed by atoms with van der Waals surface area (Å²) in [5.41, 5.74) is 4.03. The van der Waals surface area contributed by atoms with Gasteiger partial charge in [-0.3, -0.25) is 4.79 Å². The van der Waals surface area contributed by atoms with E-state index in [2.05, 4.69) is 20.7 Å². The average Bonchev–Trinajstić information content (AvgIpc) is 3.26. The Hall–Kier alpha value is -3.42.